The molecule has 0 saturated carbocycles. The number of carboxylic acid groups (broad SMARTS) is 1. The van der Waals surface area contributed by atoms with Gasteiger partial charge in [-0.15, -0.1) is 0 Å². The Kier molecular flexibility index (Phi) is 3.69. The van der Waals surface area contributed by atoms with E-state index >= 15 is 0 Å². The van der Waals surface area contributed by atoms with Crippen LogP contribution < -0.4 is 0 Å². The Labute approximate surface area is 72.5 Å². The molecule has 2 nitrogen and oxygen atoms in total. The van der Waals surface area contributed by atoms with Crippen molar-refractivity contribution in [3.63, 3.8) is 0 Å². The molecule has 0 amide bonds. The lowest BCUT2D eigenvalue weighted by Gasteiger charge is -2.25. The van der Waals surface area contributed by atoms with Crippen LogP contribution in [0.25, 0.3) is 0 Å². The summed E-state index contributed by atoms with van der Waals surface area (Å²) in [6.07, 6.45) is -3.95. The zero-order chi connectivity index (χ0) is 10.8. The molecule has 6 heteroatoms. The van der Waals surface area contributed by atoms with Gasteiger partial charge >= 0.3 is 18.3 Å². The van der Waals surface area contributed by atoms with Crippen LogP contribution in [0.2, 0.25) is 0 Å². The third-order valence-electron chi connectivity index (χ3n) is 1.64. The molecule has 13 heavy (non-hydrogen) atoms. The van der Waals surface area contributed by atoms with Crippen molar-refractivity contribution in [1.29, 1.82) is 0 Å². The Bertz CT molecular complexity index is 191. The van der Waals surface area contributed by atoms with Gasteiger partial charge in [-0.1, -0.05) is 13.8 Å². The van der Waals surface area contributed by atoms with Gasteiger partial charge in [-0.3, -0.25) is 4.79 Å². The van der Waals surface area contributed by atoms with E-state index in [9.17, 15) is 22.4 Å². The summed E-state index contributed by atoms with van der Waals surface area (Å²) in [6.45, 7) is 2.32. The van der Waals surface area contributed by atoms with Crippen LogP contribution in [0.3, 0.4) is 0 Å². The molecule has 0 rings (SSSR count). The second-order valence-corrected chi connectivity index (χ2v) is 3.04. The van der Waals surface area contributed by atoms with Crippen molar-refractivity contribution in [2.45, 2.75) is 26.2 Å². The summed E-state index contributed by atoms with van der Waals surface area (Å²) in [7, 11) is 0. The average molecular weight is 202 g/mol. The summed E-state index contributed by atoms with van der Waals surface area (Å²) in [4.78, 5) is 10.3. The monoisotopic (exact) mass is 202 g/mol. The maximum Gasteiger partial charge on any atom is 0.320 e. The van der Waals surface area contributed by atoms with Gasteiger partial charge in [0.15, 0.2) is 0 Å². The van der Waals surface area contributed by atoms with Gasteiger partial charge in [0.1, 0.15) is 5.92 Å². The third-order valence-corrected chi connectivity index (χ3v) is 1.64. The van der Waals surface area contributed by atoms with Crippen LogP contribution in [0.4, 0.5) is 17.6 Å². The molecule has 0 aliphatic rings. The van der Waals surface area contributed by atoms with E-state index in [0.717, 1.165) is 13.8 Å². The van der Waals surface area contributed by atoms with Crippen LogP contribution in [0.5, 0.6) is 0 Å². The standard InChI is InChI=1S/C7H10F4O2/c1-3(2)4(5(12)13)7(10,11)6(8)9/h3-4,6H,1-2H3,(H,12,13). The number of carbonyl (C=O) groups is 1. The highest BCUT2D eigenvalue weighted by Gasteiger charge is 2.53. The quantitative estimate of drug-likeness (QED) is 0.710. The molecule has 0 aliphatic heterocycles. The molecular weight excluding hydrogens is 192 g/mol. The minimum atomic E-state index is -4.47. The SMILES string of the molecule is CC(C)C(C(=O)O)C(F)(F)C(F)F. The maximum absolute atomic E-state index is 12.6. The molecule has 0 spiro atoms. The summed E-state index contributed by atoms with van der Waals surface area (Å²) < 4.78 is 48.7. The van der Waals surface area contributed by atoms with Crippen molar-refractivity contribution in [3.8, 4) is 0 Å². The van der Waals surface area contributed by atoms with Crippen molar-refractivity contribution in [1.82, 2.24) is 0 Å². The van der Waals surface area contributed by atoms with Crippen molar-refractivity contribution >= 4 is 5.97 Å². The minimum Gasteiger partial charge on any atom is -0.481 e. The first-order valence-corrected chi connectivity index (χ1v) is 3.60. The summed E-state index contributed by atoms with van der Waals surface area (Å²) in [5, 5.41) is 8.31. The highest BCUT2D eigenvalue weighted by Crippen LogP contribution is 2.36. The lowest BCUT2D eigenvalue weighted by Crippen LogP contribution is -2.43. The Morgan fingerprint density at radius 3 is 1.77 bits per heavy atom. The highest BCUT2D eigenvalue weighted by atomic mass is 19.3. The average Bonchev–Trinajstić information content (AvgIpc) is 1.82. The molecule has 0 bridgehead atoms. The number of carboxylic acids is 1. The lowest BCUT2D eigenvalue weighted by atomic mass is 9.90. The molecule has 0 aromatic rings. The number of halogens is 4. The minimum absolute atomic E-state index is 1.04. The molecule has 0 heterocycles. The van der Waals surface area contributed by atoms with Crippen molar-refractivity contribution in [2.75, 3.05) is 0 Å². The van der Waals surface area contributed by atoms with Crippen LogP contribution in [0, 0.1) is 11.8 Å². The van der Waals surface area contributed by atoms with E-state index in [2.05, 4.69) is 0 Å². The molecule has 0 saturated heterocycles. The fourth-order valence-corrected chi connectivity index (χ4v) is 1.03. The summed E-state index contributed by atoms with van der Waals surface area (Å²) in [5.74, 6) is -9.76. The summed E-state index contributed by atoms with van der Waals surface area (Å²) >= 11 is 0. The number of alkyl halides is 4. The Balaban J connectivity index is 4.83. The maximum atomic E-state index is 12.6. The van der Waals surface area contributed by atoms with E-state index in [1.807, 2.05) is 0 Å². The van der Waals surface area contributed by atoms with E-state index in [4.69, 9.17) is 5.11 Å². The molecule has 0 aromatic heterocycles. The molecule has 1 unspecified atom stereocenters. The third kappa shape index (κ3) is 2.57. The van der Waals surface area contributed by atoms with Crippen LogP contribution in [0.15, 0.2) is 0 Å². The van der Waals surface area contributed by atoms with Gasteiger partial charge in [-0.2, -0.15) is 8.78 Å². The summed E-state index contributed by atoms with van der Waals surface area (Å²) in [5.41, 5.74) is 0. The van der Waals surface area contributed by atoms with Crippen LogP contribution in [0.1, 0.15) is 13.8 Å². The van der Waals surface area contributed by atoms with Crippen molar-refractivity contribution in [3.05, 3.63) is 0 Å². The molecule has 1 atom stereocenters. The van der Waals surface area contributed by atoms with E-state index in [1.54, 1.807) is 0 Å². The molecule has 1 N–H and O–H groups in total. The smallest absolute Gasteiger partial charge is 0.320 e. The van der Waals surface area contributed by atoms with E-state index in [-0.39, 0.29) is 0 Å². The largest absolute Gasteiger partial charge is 0.481 e. The number of hydrogen-bond donors (Lipinski definition) is 1. The topological polar surface area (TPSA) is 37.3 Å². The fraction of sp³-hybridized carbons (Fsp3) is 0.857. The number of hydrogen-bond acceptors (Lipinski definition) is 1. The van der Waals surface area contributed by atoms with Gasteiger partial charge in [-0.05, 0) is 5.92 Å². The first kappa shape index (κ1) is 12.2. The Hall–Kier alpha value is -0.810. The van der Waals surface area contributed by atoms with Crippen molar-refractivity contribution < 1.29 is 27.5 Å². The Morgan fingerprint density at radius 1 is 1.31 bits per heavy atom. The van der Waals surface area contributed by atoms with Gasteiger partial charge in [-0.25, -0.2) is 8.78 Å². The fourth-order valence-electron chi connectivity index (χ4n) is 1.03. The van der Waals surface area contributed by atoms with Gasteiger partial charge in [0.2, 0.25) is 0 Å². The van der Waals surface area contributed by atoms with Gasteiger partial charge < -0.3 is 5.11 Å². The van der Waals surface area contributed by atoms with E-state index in [0.29, 0.717) is 0 Å². The lowest BCUT2D eigenvalue weighted by molar-refractivity contribution is -0.193. The zero-order valence-electron chi connectivity index (χ0n) is 7.10. The molecule has 0 aliphatic carbocycles. The van der Waals surface area contributed by atoms with Gasteiger partial charge in [0.05, 0.1) is 0 Å². The number of rotatable bonds is 4. The zero-order valence-corrected chi connectivity index (χ0v) is 7.10. The Morgan fingerprint density at radius 2 is 1.69 bits per heavy atom. The summed E-state index contributed by atoms with van der Waals surface area (Å²) in [6, 6.07) is 0. The second-order valence-electron chi connectivity index (χ2n) is 3.04. The van der Waals surface area contributed by atoms with E-state index in [1.165, 1.54) is 0 Å². The predicted molar refractivity (Wildman–Crippen MR) is 36.9 cm³/mol. The van der Waals surface area contributed by atoms with Gasteiger partial charge in [0.25, 0.3) is 0 Å². The molecule has 0 aromatic carbocycles. The van der Waals surface area contributed by atoms with Crippen molar-refractivity contribution in [2.24, 2.45) is 11.8 Å². The predicted octanol–water partition coefficient (Wildman–Crippen LogP) is 2.24. The normalized spacial score (nSPS) is 15.1. The molecule has 0 fully saturated rings. The van der Waals surface area contributed by atoms with Crippen LogP contribution in [-0.4, -0.2) is 23.4 Å². The molecule has 0 radical (unpaired) electrons. The highest BCUT2D eigenvalue weighted by molar-refractivity contribution is 5.71. The second kappa shape index (κ2) is 3.93. The van der Waals surface area contributed by atoms with Crippen LogP contribution >= 0.6 is 0 Å². The first-order chi connectivity index (χ1) is 5.71. The first-order valence-electron chi connectivity index (χ1n) is 3.60. The number of aliphatic carboxylic acids is 1. The van der Waals surface area contributed by atoms with E-state index < -0.39 is 30.2 Å². The molecular formula is C7H10F4O2. The van der Waals surface area contributed by atoms with Gasteiger partial charge in [0, 0.05) is 0 Å². The molecule has 78 valence electrons. The van der Waals surface area contributed by atoms with Crippen LogP contribution in [-0.2, 0) is 4.79 Å².